The molecule has 3 rings (SSSR count). The molecule has 0 amide bonds. The number of aromatic hydroxyl groups is 1. The van der Waals surface area contributed by atoms with Crippen LogP contribution >= 0.6 is 0 Å². The normalized spacial score (nSPS) is 12.1. The highest BCUT2D eigenvalue weighted by Gasteiger charge is 2.39. The van der Waals surface area contributed by atoms with Crippen molar-refractivity contribution >= 4 is 11.0 Å². The minimum absolute atomic E-state index is 0. The summed E-state index contributed by atoms with van der Waals surface area (Å²) in [5.41, 5.74) is -1.20. The zero-order chi connectivity index (χ0) is 23.6. The fourth-order valence-corrected chi connectivity index (χ4v) is 3.98. The molecule has 2 aromatic carbocycles. The third kappa shape index (κ3) is 6.18. The molecule has 0 unspecified atom stereocenters. The standard InChI is InChI=1S/C25H28F3NO3.BrH/c1-15(2)12-29(13-16(3)4)14-19-20(30)11-10-18-22(31)21(17-8-6-5-7-9-17)24(25(26,27)28)32-23(18)19;/h5-11,15-16,30H,12-14H2,1-4H3;1H/p-1. The minimum atomic E-state index is -4.88. The Morgan fingerprint density at radius 1 is 0.970 bits per heavy atom. The molecule has 1 aromatic heterocycles. The summed E-state index contributed by atoms with van der Waals surface area (Å²) < 4.78 is 47.3. The largest absolute Gasteiger partial charge is 1.00 e. The number of hydrogen-bond donors (Lipinski definition) is 1. The molecule has 3 aromatic rings. The minimum Gasteiger partial charge on any atom is -1.00 e. The highest BCUT2D eigenvalue weighted by Crippen LogP contribution is 2.39. The van der Waals surface area contributed by atoms with Gasteiger partial charge < -0.3 is 26.5 Å². The molecule has 0 saturated carbocycles. The second kappa shape index (κ2) is 10.7. The predicted molar refractivity (Wildman–Crippen MR) is 120 cm³/mol. The Morgan fingerprint density at radius 2 is 1.55 bits per heavy atom. The van der Waals surface area contributed by atoms with E-state index in [9.17, 15) is 23.1 Å². The van der Waals surface area contributed by atoms with E-state index in [1.807, 2.05) is 27.7 Å². The average molecular weight is 527 g/mol. The van der Waals surface area contributed by atoms with E-state index >= 15 is 0 Å². The summed E-state index contributed by atoms with van der Waals surface area (Å²) in [6.45, 7) is 9.73. The fourth-order valence-electron chi connectivity index (χ4n) is 3.98. The van der Waals surface area contributed by atoms with E-state index in [0.717, 1.165) is 0 Å². The van der Waals surface area contributed by atoms with Gasteiger partial charge in [0.2, 0.25) is 11.2 Å². The maximum absolute atomic E-state index is 14.0. The summed E-state index contributed by atoms with van der Waals surface area (Å²) in [4.78, 5) is 15.3. The third-order valence-electron chi connectivity index (χ3n) is 5.09. The maximum Gasteiger partial charge on any atom is 0.450 e. The molecule has 0 radical (unpaired) electrons. The van der Waals surface area contributed by atoms with Gasteiger partial charge in [0.15, 0.2) is 0 Å². The second-order valence-corrected chi connectivity index (χ2v) is 8.92. The molecule has 4 nitrogen and oxygen atoms in total. The number of nitrogens with zero attached hydrogens (tertiary/aromatic N) is 1. The van der Waals surface area contributed by atoms with Crippen molar-refractivity contribution in [2.75, 3.05) is 13.1 Å². The number of fused-ring (bicyclic) bond motifs is 1. The summed E-state index contributed by atoms with van der Waals surface area (Å²) in [5, 5.41) is 10.5. The van der Waals surface area contributed by atoms with Gasteiger partial charge in [0.1, 0.15) is 11.3 Å². The molecule has 1 heterocycles. The van der Waals surface area contributed by atoms with Crippen LogP contribution in [-0.2, 0) is 12.7 Å². The van der Waals surface area contributed by atoms with Gasteiger partial charge in [-0.2, -0.15) is 13.2 Å². The first kappa shape index (κ1) is 26.9. The second-order valence-electron chi connectivity index (χ2n) is 8.92. The Morgan fingerprint density at radius 3 is 2.06 bits per heavy atom. The van der Waals surface area contributed by atoms with Crippen LogP contribution in [0.2, 0.25) is 0 Å². The van der Waals surface area contributed by atoms with Crippen LogP contribution in [0.4, 0.5) is 13.2 Å². The predicted octanol–water partition coefficient (Wildman–Crippen LogP) is 3.30. The summed E-state index contributed by atoms with van der Waals surface area (Å²) >= 11 is 0. The van der Waals surface area contributed by atoms with E-state index in [0.29, 0.717) is 24.9 Å². The Bertz CT molecular complexity index is 1130. The van der Waals surface area contributed by atoms with Crippen LogP contribution in [0.15, 0.2) is 51.7 Å². The molecular formula is C25H28BrF3NO3-. The van der Waals surface area contributed by atoms with Gasteiger partial charge in [0.05, 0.1) is 16.5 Å². The molecule has 33 heavy (non-hydrogen) atoms. The zero-order valence-corrected chi connectivity index (χ0v) is 20.6. The molecule has 8 heteroatoms. The van der Waals surface area contributed by atoms with Gasteiger partial charge in [-0.25, -0.2) is 0 Å². The van der Waals surface area contributed by atoms with Crippen LogP contribution in [0.5, 0.6) is 5.75 Å². The number of hydrogen-bond acceptors (Lipinski definition) is 4. The van der Waals surface area contributed by atoms with Crippen LogP contribution in [0.3, 0.4) is 0 Å². The van der Waals surface area contributed by atoms with Crippen molar-refractivity contribution in [2.24, 2.45) is 11.8 Å². The fraction of sp³-hybridized carbons (Fsp3) is 0.400. The number of halogens is 4. The van der Waals surface area contributed by atoms with Crippen molar-refractivity contribution in [1.29, 1.82) is 0 Å². The molecule has 0 atom stereocenters. The SMILES string of the molecule is CC(C)CN(Cc1c(O)ccc2c(=O)c(-c3ccccc3)c(C(F)(F)F)oc12)CC(C)C.[Br-]. The Hall–Kier alpha value is -2.32. The van der Waals surface area contributed by atoms with Gasteiger partial charge in [-0.1, -0.05) is 58.0 Å². The highest BCUT2D eigenvalue weighted by molar-refractivity contribution is 5.86. The lowest BCUT2D eigenvalue weighted by Gasteiger charge is -2.27. The summed E-state index contributed by atoms with van der Waals surface area (Å²) in [7, 11) is 0. The van der Waals surface area contributed by atoms with Gasteiger partial charge >= 0.3 is 6.18 Å². The quantitative estimate of drug-likeness (QED) is 0.513. The lowest BCUT2D eigenvalue weighted by molar-refractivity contribution is -0.152. The van der Waals surface area contributed by atoms with E-state index in [1.165, 1.54) is 24.3 Å². The molecule has 0 saturated heterocycles. The first-order valence-corrected chi connectivity index (χ1v) is 10.7. The van der Waals surface area contributed by atoms with Gasteiger partial charge in [-0.15, -0.1) is 0 Å². The van der Waals surface area contributed by atoms with Crippen molar-refractivity contribution in [3.63, 3.8) is 0 Å². The molecular weight excluding hydrogens is 499 g/mol. The van der Waals surface area contributed by atoms with Crippen LogP contribution in [0.1, 0.15) is 39.0 Å². The summed E-state index contributed by atoms with van der Waals surface area (Å²) in [6, 6.07) is 10.4. The topological polar surface area (TPSA) is 53.7 Å². The Balaban J connectivity index is 0.00000385. The van der Waals surface area contributed by atoms with E-state index in [4.69, 9.17) is 4.42 Å². The number of phenolic OH excluding ortho intramolecular Hbond substituents is 1. The molecule has 180 valence electrons. The number of benzene rings is 2. The third-order valence-corrected chi connectivity index (χ3v) is 5.09. The number of alkyl halides is 3. The molecule has 0 aliphatic rings. The van der Waals surface area contributed by atoms with E-state index < -0.39 is 22.9 Å². The highest BCUT2D eigenvalue weighted by atomic mass is 79.9. The van der Waals surface area contributed by atoms with Crippen LogP contribution in [0, 0.1) is 11.8 Å². The number of phenols is 1. The van der Waals surface area contributed by atoms with Crippen LogP contribution in [-0.4, -0.2) is 23.1 Å². The van der Waals surface area contributed by atoms with Gasteiger partial charge in [0.25, 0.3) is 0 Å². The number of rotatable bonds is 7. The van der Waals surface area contributed by atoms with Crippen molar-refractivity contribution < 1.29 is 39.7 Å². The Kier molecular flexibility index (Phi) is 8.76. The van der Waals surface area contributed by atoms with E-state index in [1.54, 1.807) is 18.2 Å². The van der Waals surface area contributed by atoms with Crippen molar-refractivity contribution in [2.45, 2.75) is 40.4 Å². The lowest BCUT2D eigenvalue weighted by atomic mass is 10.00. The average Bonchev–Trinajstić information content (AvgIpc) is 2.69. The zero-order valence-electron chi connectivity index (χ0n) is 19.0. The molecule has 1 N–H and O–H groups in total. The summed E-state index contributed by atoms with van der Waals surface area (Å²) in [6.07, 6.45) is -4.88. The monoisotopic (exact) mass is 526 g/mol. The van der Waals surface area contributed by atoms with Crippen molar-refractivity contribution in [3.8, 4) is 16.9 Å². The lowest BCUT2D eigenvalue weighted by Crippen LogP contribution is -3.00. The maximum atomic E-state index is 14.0. The molecule has 0 bridgehead atoms. The van der Waals surface area contributed by atoms with Crippen LogP contribution < -0.4 is 22.4 Å². The van der Waals surface area contributed by atoms with Crippen molar-refractivity contribution in [3.05, 3.63) is 64.0 Å². The smallest absolute Gasteiger partial charge is 0.450 e. The molecule has 0 fully saturated rings. The van der Waals surface area contributed by atoms with Gasteiger partial charge in [-0.05, 0) is 29.5 Å². The molecule has 0 aliphatic carbocycles. The Labute approximate surface area is 201 Å². The van der Waals surface area contributed by atoms with E-state index in [-0.39, 0.29) is 51.4 Å². The van der Waals surface area contributed by atoms with Crippen LogP contribution in [0.25, 0.3) is 22.1 Å². The van der Waals surface area contributed by atoms with Gasteiger partial charge in [-0.3, -0.25) is 9.69 Å². The van der Waals surface area contributed by atoms with Gasteiger partial charge in [0, 0.05) is 19.6 Å². The molecule has 0 spiro atoms. The van der Waals surface area contributed by atoms with Crippen molar-refractivity contribution in [1.82, 2.24) is 4.90 Å². The molecule has 0 aliphatic heterocycles. The first-order valence-electron chi connectivity index (χ1n) is 10.7. The first-order chi connectivity index (χ1) is 15.0. The van der Waals surface area contributed by atoms with E-state index in [2.05, 4.69) is 4.90 Å². The summed E-state index contributed by atoms with van der Waals surface area (Å²) in [5.74, 6) is -0.923.